The van der Waals surface area contributed by atoms with Gasteiger partial charge >= 0.3 is 0 Å². The van der Waals surface area contributed by atoms with Gasteiger partial charge in [0.2, 0.25) is 0 Å². The van der Waals surface area contributed by atoms with Crippen molar-refractivity contribution in [3.63, 3.8) is 0 Å². The maximum Gasteiger partial charge on any atom is 0.0732 e. The van der Waals surface area contributed by atoms with Gasteiger partial charge in [0.25, 0.3) is 0 Å². The second-order valence-corrected chi connectivity index (χ2v) is 6.89. The molecule has 3 aromatic carbocycles. The van der Waals surface area contributed by atoms with Gasteiger partial charge in [0, 0.05) is 28.2 Å². The number of halogens is 2. The van der Waals surface area contributed by atoms with Crippen molar-refractivity contribution in [2.75, 3.05) is 6.54 Å². The molecule has 126 valence electrons. The molecule has 4 heteroatoms. The van der Waals surface area contributed by atoms with E-state index in [0.29, 0.717) is 0 Å². The quantitative estimate of drug-likeness (QED) is 0.447. The summed E-state index contributed by atoms with van der Waals surface area (Å²) in [5.74, 6) is 0. The third-order valence-corrected chi connectivity index (χ3v) is 5.26. The number of nitrogens with one attached hydrogen (secondary N) is 2. The minimum Gasteiger partial charge on any atom is -0.357 e. The summed E-state index contributed by atoms with van der Waals surface area (Å²) in [6, 6.07) is 21.5. The van der Waals surface area contributed by atoms with E-state index in [0.717, 1.165) is 18.0 Å². The minimum absolute atomic E-state index is 0. The Morgan fingerprint density at radius 1 is 0.920 bits per heavy atom. The van der Waals surface area contributed by atoms with Crippen molar-refractivity contribution in [1.29, 1.82) is 0 Å². The predicted molar refractivity (Wildman–Crippen MR) is 108 cm³/mol. The highest BCUT2D eigenvalue weighted by molar-refractivity contribution is 6.31. The minimum atomic E-state index is 0. The van der Waals surface area contributed by atoms with Crippen molar-refractivity contribution in [3.8, 4) is 0 Å². The van der Waals surface area contributed by atoms with Crippen LogP contribution in [0, 0.1) is 0 Å². The zero-order chi connectivity index (χ0) is 16.1. The molecule has 0 spiro atoms. The molecular weight excluding hydrogens is 351 g/mol. The fourth-order valence-electron chi connectivity index (χ4n) is 3.87. The SMILES string of the molecule is Cl.Clc1ccc2[nH]c3c(c2c1)CCNC3c1ccc2ccccc2c1. The van der Waals surface area contributed by atoms with Gasteiger partial charge in [-0.3, -0.25) is 0 Å². The van der Waals surface area contributed by atoms with Gasteiger partial charge in [0.1, 0.15) is 0 Å². The van der Waals surface area contributed by atoms with Gasteiger partial charge in [-0.05, 0) is 52.6 Å². The summed E-state index contributed by atoms with van der Waals surface area (Å²) in [7, 11) is 0. The number of aromatic nitrogens is 1. The number of hydrogen-bond donors (Lipinski definition) is 2. The largest absolute Gasteiger partial charge is 0.357 e. The van der Waals surface area contributed by atoms with E-state index in [2.05, 4.69) is 64.9 Å². The number of benzene rings is 3. The standard InChI is InChI=1S/C21H17ClN2.ClH/c22-16-7-8-19-18(12-16)17-9-10-23-20(21(17)24-19)15-6-5-13-3-1-2-4-14(13)11-15;/h1-8,11-12,20,23-24H,9-10H2;1H. The van der Waals surface area contributed by atoms with Crippen LogP contribution in [0.1, 0.15) is 22.9 Å². The normalized spacial score (nSPS) is 16.6. The Labute approximate surface area is 157 Å². The van der Waals surface area contributed by atoms with Gasteiger partial charge in [0.05, 0.1) is 6.04 Å². The molecule has 0 amide bonds. The lowest BCUT2D eigenvalue weighted by Crippen LogP contribution is -2.30. The van der Waals surface area contributed by atoms with Crippen molar-refractivity contribution in [2.24, 2.45) is 0 Å². The van der Waals surface area contributed by atoms with Crippen LogP contribution in [-0.4, -0.2) is 11.5 Å². The van der Waals surface area contributed by atoms with Gasteiger partial charge in [-0.2, -0.15) is 0 Å². The van der Waals surface area contributed by atoms with Crippen LogP contribution in [0.4, 0.5) is 0 Å². The molecule has 2 nitrogen and oxygen atoms in total. The van der Waals surface area contributed by atoms with E-state index in [1.54, 1.807) is 0 Å². The first kappa shape index (κ1) is 16.5. The van der Waals surface area contributed by atoms with Gasteiger partial charge in [-0.15, -0.1) is 12.4 Å². The van der Waals surface area contributed by atoms with E-state index < -0.39 is 0 Å². The Morgan fingerprint density at radius 2 is 1.76 bits per heavy atom. The highest BCUT2D eigenvalue weighted by Gasteiger charge is 2.25. The number of H-pyrrole nitrogens is 1. The van der Waals surface area contributed by atoms with E-state index in [-0.39, 0.29) is 18.4 Å². The van der Waals surface area contributed by atoms with Crippen LogP contribution in [0.25, 0.3) is 21.7 Å². The molecule has 1 unspecified atom stereocenters. The van der Waals surface area contributed by atoms with Gasteiger partial charge in [-0.25, -0.2) is 0 Å². The zero-order valence-corrected chi connectivity index (χ0v) is 15.1. The molecule has 0 bridgehead atoms. The smallest absolute Gasteiger partial charge is 0.0732 e. The third-order valence-electron chi connectivity index (χ3n) is 5.02. The van der Waals surface area contributed by atoms with E-state index in [4.69, 9.17) is 11.6 Å². The summed E-state index contributed by atoms with van der Waals surface area (Å²) in [6.07, 6.45) is 1.03. The molecule has 0 saturated carbocycles. The molecule has 1 aliphatic heterocycles. The summed E-state index contributed by atoms with van der Waals surface area (Å²) in [5, 5.41) is 8.28. The van der Waals surface area contributed by atoms with Crippen LogP contribution in [0.3, 0.4) is 0 Å². The first-order valence-electron chi connectivity index (χ1n) is 8.32. The summed E-state index contributed by atoms with van der Waals surface area (Å²) >= 11 is 6.21. The number of rotatable bonds is 1. The van der Waals surface area contributed by atoms with Gasteiger partial charge < -0.3 is 10.3 Å². The monoisotopic (exact) mass is 368 g/mol. The van der Waals surface area contributed by atoms with Gasteiger partial charge in [0.15, 0.2) is 0 Å². The molecule has 2 heterocycles. The molecule has 0 radical (unpaired) electrons. The van der Waals surface area contributed by atoms with E-state index >= 15 is 0 Å². The molecular formula is C21H18Cl2N2. The number of hydrogen-bond acceptors (Lipinski definition) is 1. The molecule has 0 aliphatic carbocycles. The summed E-state index contributed by atoms with van der Waals surface area (Å²) in [4.78, 5) is 3.62. The zero-order valence-electron chi connectivity index (χ0n) is 13.6. The molecule has 0 saturated heterocycles. The summed E-state index contributed by atoms with van der Waals surface area (Å²) in [6.45, 7) is 0.976. The average Bonchev–Trinajstić information content (AvgIpc) is 2.99. The first-order valence-corrected chi connectivity index (χ1v) is 8.69. The predicted octanol–water partition coefficient (Wildman–Crippen LogP) is 5.63. The van der Waals surface area contributed by atoms with Crippen LogP contribution in [-0.2, 0) is 6.42 Å². The summed E-state index contributed by atoms with van der Waals surface area (Å²) < 4.78 is 0. The van der Waals surface area contributed by atoms with Crippen LogP contribution in [0.15, 0.2) is 60.7 Å². The topological polar surface area (TPSA) is 27.8 Å². The molecule has 0 fully saturated rings. The molecule has 4 aromatic rings. The third kappa shape index (κ3) is 2.71. The van der Waals surface area contributed by atoms with Gasteiger partial charge in [-0.1, -0.05) is 48.0 Å². The Hall–Kier alpha value is -2.00. The van der Waals surface area contributed by atoms with E-state index in [9.17, 15) is 0 Å². The Balaban J connectivity index is 0.00000157. The lowest BCUT2D eigenvalue weighted by Gasteiger charge is -2.25. The van der Waals surface area contributed by atoms with Crippen molar-refractivity contribution >= 4 is 45.7 Å². The van der Waals surface area contributed by atoms with Crippen LogP contribution in [0.2, 0.25) is 5.02 Å². The molecule has 1 aliphatic rings. The molecule has 1 atom stereocenters. The van der Waals surface area contributed by atoms with Crippen molar-refractivity contribution in [1.82, 2.24) is 10.3 Å². The van der Waals surface area contributed by atoms with Crippen molar-refractivity contribution < 1.29 is 0 Å². The molecule has 2 N–H and O–H groups in total. The number of fused-ring (bicyclic) bond motifs is 4. The Kier molecular flexibility index (Phi) is 4.20. The average molecular weight is 369 g/mol. The van der Waals surface area contributed by atoms with Crippen molar-refractivity contribution in [2.45, 2.75) is 12.5 Å². The maximum atomic E-state index is 6.21. The second kappa shape index (κ2) is 6.38. The summed E-state index contributed by atoms with van der Waals surface area (Å²) in [5.41, 5.74) is 5.13. The highest BCUT2D eigenvalue weighted by Crippen LogP contribution is 2.35. The van der Waals surface area contributed by atoms with E-state index in [1.807, 2.05) is 6.07 Å². The first-order chi connectivity index (χ1) is 11.8. The second-order valence-electron chi connectivity index (χ2n) is 6.45. The van der Waals surface area contributed by atoms with Crippen LogP contribution < -0.4 is 5.32 Å². The number of aromatic amines is 1. The fraction of sp³-hybridized carbons (Fsp3) is 0.143. The molecule has 25 heavy (non-hydrogen) atoms. The lowest BCUT2D eigenvalue weighted by molar-refractivity contribution is 0.561. The van der Waals surface area contributed by atoms with Crippen molar-refractivity contribution in [3.05, 3.63) is 82.5 Å². The molecule has 1 aromatic heterocycles. The Bertz CT molecular complexity index is 1070. The fourth-order valence-corrected chi connectivity index (χ4v) is 4.04. The lowest BCUT2D eigenvalue weighted by atomic mass is 9.93. The Morgan fingerprint density at radius 3 is 2.64 bits per heavy atom. The molecule has 5 rings (SSSR count). The van der Waals surface area contributed by atoms with E-state index in [1.165, 1.54) is 38.5 Å². The van der Waals surface area contributed by atoms with Crippen LogP contribution >= 0.6 is 24.0 Å². The van der Waals surface area contributed by atoms with Crippen LogP contribution in [0.5, 0.6) is 0 Å². The maximum absolute atomic E-state index is 6.21. The highest BCUT2D eigenvalue weighted by atomic mass is 35.5.